The minimum Gasteiger partial charge on any atom is -0.380 e. The molecule has 0 saturated heterocycles. The van der Waals surface area contributed by atoms with Gasteiger partial charge in [0.25, 0.3) is 0 Å². The predicted molar refractivity (Wildman–Crippen MR) is 60.2 cm³/mol. The fraction of sp³-hybridized carbons (Fsp3) is 0.0909. The van der Waals surface area contributed by atoms with Crippen LogP contribution in [-0.4, -0.2) is 22.8 Å². The van der Waals surface area contributed by atoms with Crippen molar-refractivity contribution in [3.63, 3.8) is 0 Å². The largest absolute Gasteiger partial charge is 0.380 e. The van der Waals surface area contributed by atoms with Crippen molar-refractivity contribution in [3.8, 4) is 0 Å². The number of pyridine rings is 1. The fourth-order valence-electron chi connectivity index (χ4n) is 1.48. The maximum Gasteiger partial charge on any atom is 0.153 e. The van der Waals surface area contributed by atoms with Crippen LogP contribution >= 0.6 is 0 Å². The van der Waals surface area contributed by atoms with Crippen molar-refractivity contribution in [2.45, 2.75) is 0 Å². The Hall–Kier alpha value is -2.10. The summed E-state index contributed by atoms with van der Waals surface area (Å²) < 4.78 is 0. The Morgan fingerprint density at radius 3 is 3.20 bits per heavy atom. The number of H-pyrrole nitrogens is 1. The Morgan fingerprint density at radius 2 is 2.47 bits per heavy atom. The minimum absolute atomic E-state index is 0.559. The van der Waals surface area contributed by atoms with Gasteiger partial charge in [-0.2, -0.15) is 0 Å². The molecule has 0 amide bonds. The molecule has 4 nitrogen and oxygen atoms in total. The van der Waals surface area contributed by atoms with Crippen LogP contribution in [0.25, 0.3) is 11.0 Å². The maximum absolute atomic E-state index is 10.8. The van der Waals surface area contributed by atoms with Gasteiger partial charge in [0.2, 0.25) is 0 Å². The minimum atomic E-state index is 0.559. The van der Waals surface area contributed by atoms with Crippen LogP contribution < -0.4 is 5.32 Å². The van der Waals surface area contributed by atoms with Gasteiger partial charge in [0, 0.05) is 24.3 Å². The molecule has 2 rings (SSSR count). The molecular formula is C11H11N3O. The molecule has 0 unspecified atom stereocenters. The van der Waals surface area contributed by atoms with Gasteiger partial charge >= 0.3 is 0 Å². The van der Waals surface area contributed by atoms with Crippen LogP contribution in [0.15, 0.2) is 31.1 Å². The normalized spacial score (nSPS) is 10.1. The Bertz CT molecular complexity index is 502. The summed E-state index contributed by atoms with van der Waals surface area (Å²) in [5.74, 6) is 0. The molecule has 0 aliphatic carbocycles. The molecule has 0 fully saturated rings. The van der Waals surface area contributed by atoms with E-state index in [0.29, 0.717) is 12.1 Å². The van der Waals surface area contributed by atoms with E-state index in [0.717, 1.165) is 23.0 Å². The third-order valence-electron chi connectivity index (χ3n) is 2.17. The standard InChI is InChI=1S/C11H11N3O/c1-2-4-12-10-8(7-15)6-14-11-9(10)3-5-13-11/h2-3,5-7H,1,4H2,(H2,12,13,14). The van der Waals surface area contributed by atoms with E-state index in [-0.39, 0.29) is 0 Å². The molecule has 2 aromatic heterocycles. The van der Waals surface area contributed by atoms with E-state index < -0.39 is 0 Å². The van der Waals surface area contributed by atoms with E-state index in [2.05, 4.69) is 21.9 Å². The summed E-state index contributed by atoms with van der Waals surface area (Å²) in [4.78, 5) is 18.0. The summed E-state index contributed by atoms with van der Waals surface area (Å²) >= 11 is 0. The first kappa shape index (κ1) is 9.45. The van der Waals surface area contributed by atoms with E-state index in [1.165, 1.54) is 0 Å². The summed E-state index contributed by atoms with van der Waals surface area (Å²) in [6.45, 7) is 4.24. The third kappa shape index (κ3) is 1.61. The van der Waals surface area contributed by atoms with Crippen LogP contribution in [0.3, 0.4) is 0 Å². The van der Waals surface area contributed by atoms with Gasteiger partial charge in [-0.05, 0) is 6.07 Å². The second kappa shape index (κ2) is 3.96. The number of aromatic nitrogens is 2. The summed E-state index contributed by atoms with van der Waals surface area (Å²) in [6, 6.07) is 1.89. The van der Waals surface area contributed by atoms with Crippen molar-refractivity contribution in [2.24, 2.45) is 0 Å². The lowest BCUT2D eigenvalue weighted by molar-refractivity contribution is 0.112. The Kier molecular flexibility index (Phi) is 2.49. The average Bonchev–Trinajstić information content (AvgIpc) is 2.73. The number of nitrogens with zero attached hydrogens (tertiary/aromatic N) is 1. The molecule has 0 saturated carbocycles. The molecule has 0 aromatic carbocycles. The van der Waals surface area contributed by atoms with Gasteiger partial charge in [0.05, 0.1) is 11.3 Å². The number of hydrogen-bond acceptors (Lipinski definition) is 3. The SMILES string of the molecule is C=CCNc1c(C=O)cnc2[nH]ccc12. The zero-order valence-corrected chi connectivity index (χ0v) is 8.16. The maximum atomic E-state index is 10.8. The number of fused-ring (bicyclic) bond motifs is 1. The van der Waals surface area contributed by atoms with E-state index >= 15 is 0 Å². The highest BCUT2D eigenvalue weighted by molar-refractivity contribution is 5.99. The first-order valence-electron chi connectivity index (χ1n) is 4.63. The average molecular weight is 201 g/mol. The molecule has 76 valence electrons. The molecule has 2 N–H and O–H groups in total. The topological polar surface area (TPSA) is 57.8 Å². The van der Waals surface area contributed by atoms with Crippen LogP contribution in [0.1, 0.15) is 10.4 Å². The van der Waals surface area contributed by atoms with Gasteiger partial charge in [-0.3, -0.25) is 4.79 Å². The number of rotatable bonds is 4. The molecule has 0 spiro atoms. The highest BCUT2D eigenvalue weighted by Gasteiger charge is 2.07. The van der Waals surface area contributed by atoms with Crippen molar-refractivity contribution in [1.82, 2.24) is 9.97 Å². The van der Waals surface area contributed by atoms with Gasteiger partial charge in [0.1, 0.15) is 5.65 Å². The molecule has 0 aliphatic heterocycles. The summed E-state index contributed by atoms with van der Waals surface area (Å²) in [6.07, 6.45) is 5.89. The monoisotopic (exact) mass is 201 g/mol. The lowest BCUT2D eigenvalue weighted by Crippen LogP contribution is -2.02. The molecule has 0 bridgehead atoms. The van der Waals surface area contributed by atoms with E-state index in [4.69, 9.17) is 0 Å². The van der Waals surface area contributed by atoms with Gasteiger partial charge in [-0.15, -0.1) is 6.58 Å². The van der Waals surface area contributed by atoms with Crippen LogP contribution in [0, 0.1) is 0 Å². The number of aromatic amines is 1. The molecule has 0 aliphatic rings. The first-order valence-corrected chi connectivity index (χ1v) is 4.63. The highest BCUT2D eigenvalue weighted by atomic mass is 16.1. The number of aldehydes is 1. The second-order valence-corrected chi connectivity index (χ2v) is 3.12. The molecule has 2 aromatic rings. The molecule has 15 heavy (non-hydrogen) atoms. The quantitative estimate of drug-likeness (QED) is 0.587. The summed E-state index contributed by atoms with van der Waals surface area (Å²) in [5, 5.41) is 4.05. The lowest BCUT2D eigenvalue weighted by atomic mass is 10.2. The molecule has 0 atom stereocenters. The number of carbonyl (C=O) groups excluding carboxylic acids is 1. The molecule has 2 heterocycles. The van der Waals surface area contributed by atoms with Crippen LogP contribution in [0.2, 0.25) is 0 Å². The first-order chi connectivity index (χ1) is 7.36. The fourth-order valence-corrected chi connectivity index (χ4v) is 1.48. The summed E-state index contributed by atoms with van der Waals surface area (Å²) in [5.41, 5.74) is 2.13. The third-order valence-corrected chi connectivity index (χ3v) is 2.17. The van der Waals surface area contributed by atoms with Crippen LogP contribution in [0.5, 0.6) is 0 Å². The van der Waals surface area contributed by atoms with Crippen molar-refractivity contribution in [3.05, 3.63) is 36.7 Å². The van der Waals surface area contributed by atoms with E-state index in [1.807, 2.05) is 6.07 Å². The van der Waals surface area contributed by atoms with E-state index in [9.17, 15) is 4.79 Å². The zero-order chi connectivity index (χ0) is 10.7. The van der Waals surface area contributed by atoms with Gasteiger partial charge in [-0.25, -0.2) is 4.98 Å². The highest BCUT2D eigenvalue weighted by Crippen LogP contribution is 2.23. The smallest absolute Gasteiger partial charge is 0.153 e. The van der Waals surface area contributed by atoms with Crippen molar-refractivity contribution < 1.29 is 4.79 Å². The zero-order valence-electron chi connectivity index (χ0n) is 8.16. The van der Waals surface area contributed by atoms with Crippen molar-refractivity contribution in [1.29, 1.82) is 0 Å². The van der Waals surface area contributed by atoms with Gasteiger partial charge in [0.15, 0.2) is 6.29 Å². The van der Waals surface area contributed by atoms with Crippen LogP contribution in [-0.2, 0) is 0 Å². The number of hydrogen-bond donors (Lipinski definition) is 2. The van der Waals surface area contributed by atoms with Crippen molar-refractivity contribution in [2.75, 3.05) is 11.9 Å². The Morgan fingerprint density at radius 1 is 1.60 bits per heavy atom. The molecule has 4 heteroatoms. The predicted octanol–water partition coefficient (Wildman–Crippen LogP) is 1.97. The number of anilines is 1. The Labute approximate surface area is 87.0 Å². The Balaban J connectivity index is 2.57. The van der Waals surface area contributed by atoms with Crippen molar-refractivity contribution >= 4 is 23.0 Å². The lowest BCUT2D eigenvalue weighted by Gasteiger charge is -2.07. The van der Waals surface area contributed by atoms with Crippen LogP contribution in [0.4, 0.5) is 5.69 Å². The number of nitrogens with one attached hydrogen (secondary N) is 2. The molecular weight excluding hydrogens is 190 g/mol. The van der Waals surface area contributed by atoms with Gasteiger partial charge < -0.3 is 10.3 Å². The molecule has 0 radical (unpaired) electrons. The second-order valence-electron chi connectivity index (χ2n) is 3.12. The van der Waals surface area contributed by atoms with Gasteiger partial charge in [-0.1, -0.05) is 6.08 Å². The summed E-state index contributed by atoms with van der Waals surface area (Å²) in [7, 11) is 0. The number of carbonyl (C=O) groups is 1. The van der Waals surface area contributed by atoms with E-state index in [1.54, 1.807) is 18.5 Å².